The minimum absolute atomic E-state index is 0.972. The maximum atomic E-state index is 9.12. The van der Waals surface area contributed by atoms with E-state index < -0.39 is 45.3 Å². The predicted molar refractivity (Wildman–Crippen MR) is 66.6 cm³/mol. The SMILES string of the molecule is C=CC(C)(C(B(O)O)B(O)O)C(B(O)O)B(O)O. The van der Waals surface area contributed by atoms with Crippen LogP contribution in [0.2, 0.25) is 11.4 Å². The molecule has 8 N–H and O–H groups in total. The molecule has 0 aliphatic rings. The summed E-state index contributed by atoms with van der Waals surface area (Å²) in [5.74, 6) is 0. The highest BCUT2D eigenvalue weighted by Gasteiger charge is 2.57. The Morgan fingerprint density at radius 3 is 1.11 bits per heavy atom. The van der Waals surface area contributed by atoms with Crippen molar-refractivity contribution in [1.29, 1.82) is 0 Å². The van der Waals surface area contributed by atoms with Crippen molar-refractivity contribution < 1.29 is 40.2 Å². The molecule has 0 aliphatic carbocycles. The van der Waals surface area contributed by atoms with Gasteiger partial charge in [0.2, 0.25) is 0 Å². The lowest BCUT2D eigenvalue weighted by Crippen LogP contribution is -2.52. The number of rotatable bonds is 7. The van der Waals surface area contributed by atoms with Gasteiger partial charge >= 0.3 is 28.5 Å². The molecule has 0 aromatic heterocycles. The van der Waals surface area contributed by atoms with Crippen LogP contribution in [0, 0.1) is 5.41 Å². The third kappa shape index (κ3) is 3.59. The van der Waals surface area contributed by atoms with Crippen LogP contribution in [0.25, 0.3) is 0 Å². The summed E-state index contributed by atoms with van der Waals surface area (Å²) in [6, 6.07) is 0. The molecule has 12 heteroatoms. The number of allylic oxidation sites excluding steroid dienone is 1. The lowest BCUT2D eigenvalue weighted by molar-refractivity contribution is 0.261. The van der Waals surface area contributed by atoms with Crippen molar-refractivity contribution in [2.75, 3.05) is 0 Å². The minimum Gasteiger partial charge on any atom is -0.427 e. The van der Waals surface area contributed by atoms with Gasteiger partial charge in [0.25, 0.3) is 0 Å². The molecule has 0 saturated heterocycles. The van der Waals surface area contributed by atoms with Gasteiger partial charge in [0.1, 0.15) is 0 Å². The van der Waals surface area contributed by atoms with Crippen LogP contribution in [0.15, 0.2) is 12.7 Å². The summed E-state index contributed by atoms with van der Waals surface area (Å²) in [6.07, 6.45) is 0.972. The Morgan fingerprint density at radius 1 is 0.778 bits per heavy atom. The van der Waals surface area contributed by atoms with Gasteiger partial charge in [-0.15, -0.1) is 6.58 Å². The number of hydrogen-bond acceptors (Lipinski definition) is 8. The molecule has 0 radical (unpaired) electrons. The van der Waals surface area contributed by atoms with Gasteiger partial charge in [-0.3, -0.25) is 0 Å². The highest BCUT2D eigenvalue weighted by Crippen LogP contribution is 2.47. The van der Waals surface area contributed by atoms with Gasteiger partial charge in [-0.2, -0.15) is 0 Å². The van der Waals surface area contributed by atoms with E-state index in [1.165, 1.54) is 0 Å². The molecule has 0 aromatic rings. The molecule has 0 aliphatic heterocycles. The summed E-state index contributed by atoms with van der Waals surface area (Å²) < 4.78 is 0. The van der Waals surface area contributed by atoms with E-state index in [4.69, 9.17) is 40.2 Å². The molecule has 0 rings (SSSR count). The third-order valence-electron chi connectivity index (χ3n) is 3.16. The normalized spacial score (nSPS) is 11.7. The van der Waals surface area contributed by atoms with E-state index in [9.17, 15) is 0 Å². The van der Waals surface area contributed by atoms with Crippen molar-refractivity contribution in [3.8, 4) is 0 Å². The van der Waals surface area contributed by atoms with Gasteiger partial charge < -0.3 is 40.2 Å². The first-order valence-electron chi connectivity index (χ1n) is 5.17. The standard InChI is InChI=1S/C6H16B4O8/c1-3-6(2,4(7(11)12)8(13)14)5(9(15)16)10(17)18/h3-5,11-18H,1H2,2H3. The predicted octanol–water partition coefficient (Wildman–Crippen LogP) is -4.11. The summed E-state index contributed by atoms with van der Waals surface area (Å²) in [5, 5.41) is 73.0. The first-order valence-corrected chi connectivity index (χ1v) is 5.17. The zero-order valence-corrected chi connectivity index (χ0v) is 9.83. The molecule has 18 heavy (non-hydrogen) atoms. The molecular formula is C6H16B4O8. The topological polar surface area (TPSA) is 162 Å². The Morgan fingerprint density at radius 2 is 1.00 bits per heavy atom. The van der Waals surface area contributed by atoms with E-state index in [1.54, 1.807) is 0 Å². The third-order valence-corrected chi connectivity index (χ3v) is 3.16. The summed E-state index contributed by atoms with van der Waals surface area (Å²) in [6.45, 7) is 4.48. The van der Waals surface area contributed by atoms with Gasteiger partial charge in [0.05, 0.1) is 0 Å². The molecule has 0 aromatic carbocycles. The highest BCUT2D eigenvalue weighted by atomic mass is 16.4. The van der Waals surface area contributed by atoms with Crippen molar-refractivity contribution in [1.82, 2.24) is 0 Å². The molecule has 100 valence electrons. The zero-order chi connectivity index (χ0) is 14.7. The van der Waals surface area contributed by atoms with E-state index in [-0.39, 0.29) is 0 Å². The van der Waals surface area contributed by atoms with Crippen molar-refractivity contribution in [3.05, 3.63) is 12.7 Å². The molecule has 0 atom stereocenters. The van der Waals surface area contributed by atoms with Crippen LogP contribution >= 0.6 is 0 Å². The fourth-order valence-electron chi connectivity index (χ4n) is 2.09. The molecule has 0 saturated carbocycles. The van der Waals surface area contributed by atoms with Crippen LogP contribution in [0.4, 0.5) is 0 Å². The molecule has 0 unspecified atom stereocenters. The van der Waals surface area contributed by atoms with E-state index in [2.05, 4.69) is 6.58 Å². The van der Waals surface area contributed by atoms with Crippen molar-refractivity contribution in [3.63, 3.8) is 0 Å². The van der Waals surface area contributed by atoms with Gasteiger partial charge in [-0.05, 0) is 5.41 Å². The fraction of sp³-hybridized carbons (Fsp3) is 0.667. The lowest BCUT2D eigenvalue weighted by atomic mass is 9.31. The van der Waals surface area contributed by atoms with Crippen LogP contribution in [0.5, 0.6) is 0 Å². The van der Waals surface area contributed by atoms with Crippen LogP contribution < -0.4 is 0 Å². The van der Waals surface area contributed by atoms with Crippen molar-refractivity contribution in [2.45, 2.75) is 18.4 Å². The van der Waals surface area contributed by atoms with Gasteiger partial charge in [-0.25, -0.2) is 0 Å². The Balaban J connectivity index is 5.61. The smallest absolute Gasteiger partial charge is 0.427 e. The zero-order valence-electron chi connectivity index (χ0n) is 9.83. The van der Waals surface area contributed by atoms with E-state index in [0.717, 1.165) is 13.0 Å². The molecule has 0 bridgehead atoms. The second-order valence-electron chi connectivity index (χ2n) is 4.28. The Kier molecular flexibility index (Phi) is 6.61. The molecule has 0 heterocycles. The van der Waals surface area contributed by atoms with Crippen LogP contribution in [0.3, 0.4) is 0 Å². The van der Waals surface area contributed by atoms with E-state index in [1.807, 2.05) is 0 Å². The van der Waals surface area contributed by atoms with Crippen LogP contribution in [-0.2, 0) is 0 Å². The minimum atomic E-state index is -2.24. The Bertz CT molecular complexity index is 236. The Labute approximate surface area is 106 Å². The average molecular weight is 259 g/mol. The Hall–Kier alpha value is -0.320. The summed E-state index contributed by atoms with van der Waals surface area (Å²) in [7, 11) is -8.97. The second-order valence-corrected chi connectivity index (χ2v) is 4.28. The van der Waals surface area contributed by atoms with Crippen LogP contribution in [0.1, 0.15) is 6.92 Å². The van der Waals surface area contributed by atoms with Gasteiger partial charge in [0, 0.05) is 11.4 Å². The monoisotopic (exact) mass is 260 g/mol. The largest absolute Gasteiger partial charge is 0.453 e. The molecule has 0 amide bonds. The second kappa shape index (κ2) is 6.73. The summed E-state index contributed by atoms with van der Waals surface area (Å²) >= 11 is 0. The fourth-order valence-corrected chi connectivity index (χ4v) is 2.09. The molecule has 0 spiro atoms. The highest BCUT2D eigenvalue weighted by molar-refractivity contribution is 6.68. The van der Waals surface area contributed by atoms with Crippen LogP contribution in [-0.4, -0.2) is 68.7 Å². The maximum Gasteiger partial charge on any atom is 0.453 e. The quantitative estimate of drug-likeness (QED) is 0.169. The van der Waals surface area contributed by atoms with E-state index in [0.29, 0.717) is 0 Å². The van der Waals surface area contributed by atoms with Crippen molar-refractivity contribution >= 4 is 28.5 Å². The lowest BCUT2D eigenvalue weighted by Gasteiger charge is -2.40. The van der Waals surface area contributed by atoms with Gasteiger partial charge in [-0.1, -0.05) is 13.0 Å². The first kappa shape index (κ1) is 17.7. The molecular weight excluding hydrogens is 243 g/mol. The maximum absolute atomic E-state index is 9.12. The molecule has 8 nitrogen and oxygen atoms in total. The summed E-state index contributed by atoms with van der Waals surface area (Å²) in [5.41, 5.74) is -5.21. The number of hydrogen-bond donors (Lipinski definition) is 8. The molecule has 0 fully saturated rings. The van der Waals surface area contributed by atoms with E-state index >= 15 is 0 Å². The van der Waals surface area contributed by atoms with Gasteiger partial charge in [0.15, 0.2) is 0 Å². The van der Waals surface area contributed by atoms with Crippen molar-refractivity contribution in [2.24, 2.45) is 5.41 Å². The first-order chi connectivity index (χ1) is 8.09. The average Bonchev–Trinajstić information content (AvgIpc) is 2.14. The summed E-state index contributed by atoms with van der Waals surface area (Å²) in [4.78, 5) is 0.